The van der Waals surface area contributed by atoms with Crippen molar-refractivity contribution >= 4 is 5.91 Å². The van der Waals surface area contributed by atoms with Gasteiger partial charge in [-0.25, -0.2) is 4.79 Å². The molecule has 0 bridgehead atoms. The van der Waals surface area contributed by atoms with Crippen LogP contribution < -0.4 is 5.76 Å². The molecule has 2 heterocycles. The molecule has 1 saturated heterocycles. The third kappa shape index (κ3) is 3.34. The van der Waals surface area contributed by atoms with Crippen molar-refractivity contribution < 1.29 is 13.9 Å². The number of benzene rings is 1. The van der Waals surface area contributed by atoms with Crippen LogP contribution in [0.5, 0.6) is 0 Å². The topological polar surface area (TPSA) is 77.6 Å². The maximum absolute atomic E-state index is 12.5. The van der Waals surface area contributed by atoms with Crippen molar-refractivity contribution in [2.75, 3.05) is 13.2 Å². The number of morpholine rings is 1. The van der Waals surface area contributed by atoms with Crippen molar-refractivity contribution in [1.82, 2.24) is 14.7 Å². The minimum Gasteiger partial charge on any atom is -0.388 e. The first-order valence-electron chi connectivity index (χ1n) is 7.59. The van der Waals surface area contributed by atoms with Gasteiger partial charge in [0.1, 0.15) is 6.54 Å². The Kier molecular flexibility index (Phi) is 4.29. The van der Waals surface area contributed by atoms with Gasteiger partial charge in [0, 0.05) is 12.1 Å². The third-order valence-corrected chi connectivity index (χ3v) is 3.84. The van der Waals surface area contributed by atoms with Gasteiger partial charge in [0.15, 0.2) is 0 Å². The van der Waals surface area contributed by atoms with Crippen LogP contribution in [-0.4, -0.2) is 45.9 Å². The highest BCUT2D eigenvalue weighted by Crippen LogP contribution is 2.15. The average Bonchev–Trinajstić information content (AvgIpc) is 2.91. The first-order valence-corrected chi connectivity index (χ1v) is 7.59. The van der Waals surface area contributed by atoms with Gasteiger partial charge in [0.05, 0.1) is 18.8 Å². The maximum atomic E-state index is 12.5. The van der Waals surface area contributed by atoms with Crippen molar-refractivity contribution in [2.24, 2.45) is 0 Å². The molecule has 1 amide bonds. The fraction of sp³-hybridized carbons (Fsp3) is 0.438. The van der Waals surface area contributed by atoms with E-state index in [2.05, 4.69) is 5.10 Å². The van der Waals surface area contributed by atoms with Crippen molar-refractivity contribution in [1.29, 1.82) is 0 Å². The van der Waals surface area contributed by atoms with Crippen LogP contribution in [0.3, 0.4) is 0 Å². The van der Waals surface area contributed by atoms with Crippen LogP contribution in [0.15, 0.2) is 39.5 Å². The Morgan fingerprint density at radius 1 is 1.30 bits per heavy atom. The number of hydrogen-bond acceptors (Lipinski definition) is 5. The molecule has 2 unspecified atom stereocenters. The Morgan fingerprint density at radius 3 is 2.78 bits per heavy atom. The molecule has 23 heavy (non-hydrogen) atoms. The van der Waals surface area contributed by atoms with E-state index in [1.165, 1.54) is 0 Å². The molecule has 7 nitrogen and oxygen atoms in total. The molecular formula is C16H19N3O4. The fourth-order valence-electron chi connectivity index (χ4n) is 2.57. The average molecular weight is 317 g/mol. The summed E-state index contributed by atoms with van der Waals surface area (Å²) in [6.45, 7) is 4.72. The van der Waals surface area contributed by atoms with Crippen molar-refractivity contribution in [3.63, 3.8) is 0 Å². The molecule has 1 aromatic heterocycles. The zero-order valence-corrected chi connectivity index (χ0v) is 13.1. The lowest BCUT2D eigenvalue weighted by molar-refractivity contribution is -0.144. The minimum absolute atomic E-state index is 0.0101. The van der Waals surface area contributed by atoms with E-state index in [9.17, 15) is 9.59 Å². The number of rotatable bonds is 3. The zero-order chi connectivity index (χ0) is 16.4. The highest BCUT2D eigenvalue weighted by molar-refractivity contribution is 5.76. The maximum Gasteiger partial charge on any atom is 0.437 e. The lowest BCUT2D eigenvalue weighted by Gasteiger charge is -2.36. The first kappa shape index (κ1) is 15.5. The first-order chi connectivity index (χ1) is 11.0. The summed E-state index contributed by atoms with van der Waals surface area (Å²) < 4.78 is 11.7. The molecule has 0 aliphatic carbocycles. The Balaban J connectivity index is 1.77. The molecular weight excluding hydrogens is 298 g/mol. The van der Waals surface area contributed by atoms with Gasteiger partial charge in [-0.1, -0.05) is 18.2 Å². The second-order valence-electron chi connectivity index (χ2n) is 5.74. The van der Waals surface area contributed by atoms with Gasteiger partial charge >= 0.3 is 5.76 Å². The number of amides is 1. The van der Waals surface area contributed by atoms with Crippen LogP contribution in [0, 0.1) is 0 Å². The molecule has 0 radical (unpaired) electrons. The van der Waals surface area contributed by atoms with Gasteiger partial charge in [0.25, 0.3) is 0 Å². The molecule has 1 fully saturated rings. The molecule has 3 rings (SSSR count). The number of nitrogens with zero attached hydrogens (tertiary/aromatic N) is 3. The van der Waals surface area contributed by atoms with E-state index >= 15 is 0 Å². The van der Waals surface area contributed by atoms with E-state index < -0.39 is 5.76 Å². The lowest BCUT2D eigenvalue weighted by Crippen LogP contribution is -2.51. The lowest BCUT2D eigenvalue weighted by atomic mass is 10.2. The normalized spacial score (nSPS) is 21.4. The number of carbonyl (C=O) groups excluding carboxylic acids is 1. The Morgan fingerprint density at radius 2 is 2.04 bits per heavy atom. The van der Waals surface area contributed by atoms with E-state index in [-0.39, 0.29) is 30.5 Å². The van der Waals surface area contributed by atoms with Crippen LogP contribution in [0.2, 0.25) is 0 Å². The van der Waals surface area contributed by atoms with E-state index in [0.717, 1.165) is 4.68 Å². The standard InChI is InChI=1S/C16H19N3O4/c1-11-10-22-12(2)8-18(11)14(20)9-19-16(21)23-15(17-19)13-6-4-3-5-7-13/h3-7,11-12H,8-10H2,1-2H3. The summed E-state index contributed by atoms with van der Waals surface area (Å²) in [6.07, 6.45) is -0.0101. The number of carbonyl (C=O) groups is 1. The summed E-state index contributed by atoms with van der Waals surface area (Å²) in [6, 6.07) is 9.09. The Labute approximate surface area is 133 Å². The van der Waals surface area contributed by atoms with Gasteiger partial charge in [0.2, 0.25) is 11.8 Å². The van der Waals surface area contributed by atoms with Crippen molar-refractivity contribution in [2.45, 2.75) is 32.5 Å². The molecule has 0 spiro atoms. The Hall–Kier alpha value is -2.41. The number of hydrogen-bond donors (Lipinski definition) is 0. The van der Waals surface area contributed by atoms with E-state index in [1.807, 2.05) is 32.0 Å². The SMILES string of the molecule is CC1CN(C(=O)Cn2nc(-c3ccccc3)oc2=O)C(C)CO1. The van der Waals surface area contributed by atoms with Gasteiger partial charge in [-0.05, 0) is 26.0 Å². The Bertz CT molecular complexity index is 737. The summed E-state index contributed by atoms with van der Waals surface area (Å²) in [5, 5.41) is 4.12. The summed E-state index contributed by atoms with van der Waals surface area (Å²) in [5.74, 6) is -0.583. The fourth-order valence-corrected chi connectivity index (χ4v) is 2.57. The summed E-state index contributed by atoms with van der Waals surface area (Å²) in [7, 11) is 0. The summed E-state index contributed by atoms with van der Waals surface area (Å²) in [4.78, 5) is 26.1. The predicted molar refractivity (Wildman–Crippen MR) is 82.8 cm³/mol. The van der Waals surface area contributed by atoms with Crippen LogP contribution in [-0.2, 0) is 16.1 Å². The molecule has 1 aromatic carbocycles. The van der Waals surface area contributed by atoms with E-state index in [1.54, 1.807) is 17.0 Å². The third-order valence-electron chi connectivity index (χ3n) is 3.84. The summed E-state index contributed by atoms with van der Waals surface area (Å²) >= 11 is 0. The quantitative estimate of drug-likeness (QED) is 0.848. The van der Waals surface area contributed by atoms with Crippen molar-refractivity contribution in [3.05, 3.63) is 40.9 Å². The molecule has 2 aromatic rings. The molecule has 7 heteroatoms. The van der Waals surface area contributed by atoms with Crippen LogP contribution in [0.1, 0.15) is 13.8 Å². The predicted octanol–water partition coefficient (Wildman–Crippen LogP) is 1.14. The van der Waals surface area contributed by atoms with Gasteiger partial charge in [-0.15, -0.1) is 5.10 Å². The van der Waals surface area contributed by atoms with E-state index in [0.29, 0.717) is 18.7 Å². The number of aromatic nitrogens is 2. The minimum atomic E-state index is -0.633. The van der Waals surface area contributed by atoms with Gasteiger partial charge in [-0.3, -0.25) is 4.79 Å². The number of ether oxygens (including phenoxy) is 1. The molecule has 0 N–H and O–H groups in total. The van der Waals surface area contributed by atoms with Gasteiger partial charge < -0.3 is 14.1 Å². The largest absolute Gasteiger partial charge is 0.437 e. The van der Waals surface area contributed by atoms with Crippen LogP contribution >= 0.6 is 0 Å². The molecule has 122 valence electrons. The highest BCUT2D eigenvalue weighted by Gasteiger charge is 2.28. The van der Waals surface area contributed by atoms with Crippen LogP contribution in [0.4, 0.5) is 0 Å². The summed E-state index contributed by atoms with van der Waals surface area (Å²) in [5.41, 5.74) is 0.698. The second-order valence-corrected chi connectivity index (χ2v) is 5.74. The van der Waals surface area contributed by atoms with Gasteiger partial charge in [-0.2, -0.15) is 4.68 Å². The van der Waals surface area contributed by atoms with Crippen LogP contribution in [0.25, 0.3) is 11.5 Å². The molecule has 1 aliphatic heterocycles. The monoisotopic (exact) mass is 317 g/mol. The highest BCUT2D eigenvalue weighted by atomic mass is 16.5. The molecule has 0 saturated carbocycles. The van der Waals surface area contributed by atoms with Crippen molar-refractivity contribution in [3.8, 4) is 11.5 Å². The van der Waals surface area contributed by atoms with E-state index in [4.69, 9.17) is 9.15 Å². The zero-order valence-electron chi connectivity index (χ0n) is 13.1. The second kappa shape index (κ2) is 6.37. The molecule has 2 atom stereocenters. The molecule has 1 aliphatic rings. The smallest absolute Gasteiger partial charge is 0.388 e.